The van der Waals surface area contributed by atoms with Gasteiger partial charge in [-0.25, -0.2) is 0 Å². The zero-order valence-corrected chi connectivity index (χ0v) is 11.9. The Kier molecular flexibility index (Phi) is 4.60. The molecule has 0 bridgehead atoms. The maximum absolute atomic E-state index is 6.22. The van der Waals surface area contributed by atoms with Gasteiger partial charge in [-0.3, -0.25) is 0 Å². The van der Waals surface area contributed by atoms with E-state index in [1.807, 2.05) is 0 Å². The lowest BCUT2D eigenvalue weighted by atomic mass is 9.99. The predicted octanol–water partition coefficient (Wildman–Crippen LogP) is 3.72. The quantitative estimate of drug-likeness (QED) is 0.919. The first kappa shape index (κ1) is 13.1. The van der Waals surface area contributed by atoms with Crippen molar-refractivity contribution in [2.75, 3.05) is 6.61 Å². The van der Waals surface area contributed by atoms with Gasteiger partial charge in [0.15, 0.2) is 0 Å². The molecule has 3 heteroatoms. The molecule has 2 atom stereocenters. The molecule has 0 aromatic heterocycles. The molecule has 1 aromatic carbocycles. The van der Waals surface area contributed by atoms with E-state index in [-0.39, 0.29) is 6.04 Å². The van der Waals surface area contributed by atoms with Crippen molar-refractivity contribution < 1.29 is 4.74 Å². The molecule has 0 saturated carbocycles. The van der Waals surface area contributed by atoms with Gasteiger partial charge in [-0.2, -0.15) is 0 Å². The van der Waals surface area contributed by atoms with Crippen LogP contribution in [0.1, 0.15) is 42.9 Å². The molecule has 1 heterocycles. The van der Waals surface area contributed by atoms with Gasteiger partial charge in [-0.05, 0) is 49.8 Å². The van der Waals surface area contributed by atoms with E-state index in [4.69, 9.17) is 10.5 Å². The number of hydrogen-bond acceptors (Lipinski definition) is 2. The van der Waals surface area contributed by atoms with Gasteiger partial charge in [0, 0.05) is 17.1 Å². The lowest BCUT2D eigenvalue weighted by Gasteiger charge is -2.15. The summed E-state index contributed by atoms with van der Waals surface area (Å²) in [6.45, 7) is 3.02. The van der Waals surface area contributed by atoms with Gasteiger partial charge in [0.05, 0.1) is 6.10 Å². The Morgan fingerprint density at radius 2 is 2.35 bits per heavy atom. The summed E-state index contributed by atoms with van der Waals surface area (Å²) >= 11 is 3.55. The Bertz CT molecular complexity index is 374. The lowest BCUT2D eigenvalue weighted by molar-refractivity contribution is 0.101. The summed E-state index contributed by atoms with van der Waals surface area (Å²) in [4.78, 5) is 0. The largest absolute Gasteiger partial charge is 0.378 e. The molecule has 2 rings (SSSR count). The molecule has 0 radical (unpaired) electrons. The molecule has 2 N–H and O–H groups in total. The van der Waals surface area contributed by atoms with Gasteiger partial charge in [-0.15, -0.1) is 0 Å². The molecule has 1 saturated heterocycles. The summed E-state index contributed by atoms with van der Waals surface area (Å²) in [5.74, 6) is 0. The number of hydrogen-bond donors (Lipinski definition) is 1. The molecule has 17 heavy (non-hydrogen) atoms. The zero-order chi connectivity index (χ0) is 12.3. The van der Waals surface area contributed by atoms with Crippen LogP contribution >= 0.6 is 15.9 Å². The number of benzene rings is 1. The van der Waals surface area contributed by atoms with E-state index in [1.165, 1.54) is 24.0 Å². The van der Waals surface area contributed by atoms with Crippen LogP contribution in [0.25, 0.3) is 0 Å². The van der Waals surface area contributed by atoms with Crippen LogP contribution in [0, 0.1) is 6.92 Å². The number of aryl methyl sites for hydroxylation is 1. The third-order valence-electron chi connectivity index (χ3n) is 3.45. The van der Waals surface area contributed by atoms with Crippen LogP contribution in [-0.4, -0.2) is 12.7 Å². The molecule has 1 aliphatic heterocycles. The van der Waals surface area contributed by atoms with E-state index in [0.29, 0.717) is 6.10 Å². The Morgan fingerprint density at radius 3 is 3.00 bits per heavy atom. The van der Waals surface area contributed by atoms with Crippen molar-refractivity contribution in [2.24, 2.45) is 5.73 Å². The van der Waals surface area contributed by atoms with Crippen LogP contribution in [0.5, 0.6) is 0 Å². The number of rotatable bonds is 4. The van der Waals surface area contributed by atoms with E-state index in [9.17, 15) is 0 Å². The average Bonchev–Trinajstić information content (AvgIpc) is 2.82. The van der Waals surface area contributed by atoms with Gasteiger partial charge in [-0.1, -0.05) is 28.1 Å². The maximum Gasteiger partial charge on any atom is 0.0576 e. The average molecular weight is 298 g/mol. The SMILES string of the molecule is Cc1ccc(C(N)CCC2CCCO2)cc1Br. The minimum absolute atomic E-state index is 0.121. The summed E-state index contributed by atoms with van der Waals surface area (Å²) in [5.41, 5.74) is 8.67. The maximum atomic E-state index is 6.22. The molecule has 0 aliphatic carbocycles. The Balaban J connectivity index is 1.89. The van der Waals surface area contributed by atoms with Crippen LogP contribution < -0.4 is 5.73 Å². The zero-order valence-electron chi connectivity index (χ0n) is 10.3. The summed E-state index contributed by atoms with van der Waals surface area (Å²) in [6, 6.07) is 6.50. The highest BCUT2D eigenvalue weighted by atomic mass is 79.9. The van der Waals surface area contributed by atoms with E-state index < -0.39 is 0 Å². The molecule has 1 aliphatic rings. The molecule has 0 amide bonds. The molecular formula is C14H20BrNO. The topological polar surface area (TPSA) is 35.2 Å². The van der Waals surface area contributed by atoms with Crippen LogP contribution in [-0.2, 0) is 4.74 Å². The molecule has 1 fully saturated rings. The van der Waals surface area contributed by atoms with E-state index in [2.05, 4.69) is 41.1 Å². The third kappa shape index (κ3) is 3.54. The molecular weight excluding hydrogens is 278 g/mol. The van der Waals surface area contributed by atoms with E-state index >= 15 is 0 Å². The fourth-order valence-corrected chi connectivity index (χ4v) is 2.64. The van der Waals surface area contributed by atoms with Gasteiger partial charge in [0.25, 0.3) is 0 Å². The highest BCUT2D eigenvalue weighted by Crippen LogP contribution is 2.25. The minimum Gasteiger partial charge on any atom is -0.378 e. The van der Waals surface area contributed by atoms with Crippen LogP contribution in [0.4, 0.5) is 0 Å². The van der Waals surface area contributed by atoms with Crippen molar-refractivity contribution in [1.29, 1.82) is 0 Å². The second kappa shape index (κ2) is 5.98. The molecule has 1 aromatic rings. The predicted molar refractivity (Wildman–Crippen MR) is 74.0 cm³/mol. The normalized spacial score (nSPS) is 21.7. The minimum atomic E-state index is 0.121. The first-order chi connectivity index (χ1) is 8.16. The van der Waals surface area contributed by atoms with Crippen molar-refractivity contribution in [3.8, 4) is 0 Å². The molecule has 94 valence electrons. The van der Waals surface area contributed by atoms with Crippen molar-refractivity contribution in [3.05, 3.63) is 33.8 Å². The third-order valence-corrected chi connectivity index (χ3v) is 4.30. The van der Waals surface area contributed by atoms with Crippen LogP contribution in [0.2, 0.25) is 0 Å². The molecule has 0 spiro atoms. The summed E-state index contributed by atoms with van der Waals surface area (Å²) in [7, 11) is 0. The summed E-state index contributed by atoms with van der Waals surface area (Å²) < 4.78 is 6.76. The van der Waals surface area contributed by atoms with Crippen molar-refractivity contribution in [1.82, 2.24) is 0 Å². The van der Waals surface area contributed by atoms with E-state index in [0.717, 1.165) is 23.9 Å². The number of ether oxygens (including phenoxy) is 1. The summed E-state index contributed by atoms with van der Waals surface area (Å²) in [6.07, 6.45) is 4.92. The molecule has 2 unspecified atom stereocenters. The fraction of sp³-hybridized carbons (Fsp3) is 0.571. The van der Waals surface area contributed by atoms with Gasteiger partial charge >= 0.3 is 0 Å². The van der Waals surface area contributed by atoms with Gasteiger partial charge in [0.2, 0.25) is 0 Å². The standard InChI is InChI=1S/C14H20BrNO/c1-10-4-5-11(9-13(10)15)14(16)7-6-12-3-2-8-17-12/h4-5,9,12,14H,2-3,6-8,16H2,1H3. The second-order valence-corrected chi connectivity index (χ2v) is 5.68. The van der Waals surface area contributed by atoms with E-state index in [1.54, 1.807) is 0 Å². The van der Waals surface area contributed by atoms with Crippen molar-refractivity contribution >= 4 is 15.9 Å². The van der Waals surface area contributed by atoms with Gasteiger partial charge in [0.1, 0.15) is 0 Å². The van der Waals surface area contributed by atoms with Crippen molar-refractivity contribution in [2.45, 2.75) is 44.8 Å². The number of nitrogens with two attached hydrogens (primary N) is 1. The second-order valence-electron chi connectivity index (χ2n) is 4.83. The summed E-state index contributed by atoms with van der Waals surface area (Å²) in [5, 5.41) is 0. The number of halogens is 1. The van der Waals surface area contributed by atoms with Crippen LogP contribution in [0.3, 0.4) is 0 Å². The van der Waals surface area contributed by atoms with Crippen LogP contribution in [0.15, 0.2) is 22.7 Å². The van der Waals surface area contributed by atoms with Gasteiger partial charge < -0.3 is 10.5 Å². The highest BCUT2D eigenvalue weighted by Gasteiger charge is 2.17. The Hall–Kier alpha value is -0.380. The molecule has 2 nitrogen and oxygen atoms in total. The smallest absolute Gasteiger partial charge is 0.0576 e. The lowest BCUT2D eigenvalue weighted by Crippen LogP contribution is -2.14. The first-order valence-electron chi connectivity index (χ1n) is 6.30. The van der Waals surface area contributed by atoms with Crippen molar-refractivity contribution in [3.63, 3.8) is 0 Å². The Morgan fingerprint density at radius 1 is 1.53 bits per heavy atom. The fourth-order valence-electron chi connectivity index (χ4n) is 2.24. The monoisotopic (exact) mass is 297 g/mol. The highest BCUT2D eigenvalue weighted by molar-refractivity contribution is 9.10. The first-order valence-corrected chi connectivity index (χ1v) is 7.09. The Labute approximate surface area is 112 Å².